The molecule has 3 amide bonds. The van der Waals surface area contributed by atoms with Gasteiger partial charge in [0.15, 0.2) is 5.78 Å². The molecule has 3 heterocycles. The minimum absolute atomic E-state index is 0.0223. The molecule has 1 aromatic heterocycles. The van der Waals surface area contributed by atoms with Crippen molar-refractivity contribution in [2.45, 2.75) is 64.1 Å². The number of nitrogens with zero attached hydrogens (tertiary/aromatic N) is 4. The number of hydrogen-bond donors (Lipinski definition) is 2. The van der Waals surface area contributed by atoms with Crippen LogP contribution >= 0.6 is 0 Å². The third-order valence-electron chi connectivity index (χ3n) is 8.39. The largest absolute Gasteiger partial charge is 0.341 e. The monoisotopic (exact) mass is 610 g/mol. The Kier molecular flexibility index (Phi) is 8.77. The highest BCUT2D eigenvalue weighted by molar-refractivity contribution is 6.07. The van der Waals surface area contributed by atoms with E-state index >= 15 is 0 Å². The number of rotatable bonds is 9. The van der Waals surface area contributed by atoms with Gasteiger partial charge in [-0.3, -0.25) is 33.9 Å². The normalized spacial score (nSPS) is 20.2. The topological polar surface area (TPSA) is 126 Å². The molecule has 0 unspecified atom stereocenters. The fourth-order valence-electron chi connectivity index (χ4n) is 6.31. The highest BCUT2D eigenvalue weighted by Gasteiger charge is 2.59. The molecule has 0 aliphatic carbocycles. The molecule has 1 saturated heterocycles. The zero-order valence-corrected chi connectivity index (χ0v) is 25.4. The van der Waals surface area contributed by atoms with Crippen LogP contribution in [0.5, 0.6) is 0 Å². The van der Waals surface area contributed by atoms with Crippen molar-refractivity contribution in [1.29, 1.82) is 0 Å². The first-order valence-corrected chi connectivity index (χ1v) is 14.8. The Balaban J connectivity index is 1.42. The number of likely N-dealkylation sites (tertiary alicyclic amines) is 1. The highest BCUT2D eigenvalue weighted by Crippen LogP contribution is 2.47. The minimum Gasteiger partial charge on any atom is -0.341 e. The molecule has 232 valence electrons. The van der Waals surface area contributed by atoms with E-state index in [1.165, 1.54) is 47.8 Å². The van der Waals surface area contributed by atoms with E-state index in [-0.39, 0.29) is 48.7 Å². The van der Waals surface area contributed by atoms with Crippen molar-refractivity contribution in [2.24, 2.45) is 11.3 Å². The van der Waals surface area contributed by atoms with Crippen LogP contribution in [-0.2, 0) is 26.2 Å². The van der Waals surface area contributed by atoms with Crippen LogP contribution in [0.3, 0.4) is 0 Å². The fraction of sp³-hybridized carbons (Fsp3) is 0.382. The van der Waals surface area contributed by atoms with E-state index in [9.17, 15) is 23.6 Å². The van der Waals surface area contributed by atoms with E-state index in [0.29, 0.717) is 17.7 Å². The van der Waals surface area contributed by atoms with Crippen molar-refractivity contribution in [1.82, 2.24) is 20.2 Å². The van der Waals surface area contributed by atoms with Gasteiger partial charge in [-0.1, -0.05) is 51.1 Å². The number of Topliss-reactive ketones (excluding diaryl/α,β-unsaturated/α-hetero) is 1. The second kappa shape index (κ2) is 12.6. The molecule has 5 rings (SSSR count). The predicted molar refractivity (Wildman–Crippen MR) is 164 cm³/mol. The lowest BCUT2D eigenvalue weighted by Gasteiger charge is -2.30. The number of hydrogen-bond acceptors (Lipinski definition) is 6. The molecule has 1 fully saturated rings. The Morgan fingerprint density at radius 3 is 2.56 bits per heavy atom. The van der Waals surface area contributed by atoms with Gasteiger partial charge < -0.3 is 10.6 Å². The van der Waals surface area contributed by atoms with Gasteiger partial charge in [-0.15, -0.1) is 0 Å². The average Bonchev–Trinajstić information content (AvgIpc) is 3.54. The molecular formula is C34H35FN6O4. The molecule has 3 aromatic rings. The Labute approximate surface area is 261 Å². The Morgan fingerprint density at radius 2 is 1.89 bits per heavy atom. The van der Waals surface area contributed by atoms with Crippen molar-refractivity contribution in [3.63, 3.8) is 0 Å². The SMILES string of the molecule is [C-]#[N+][C@@H]1C[C@@]2(CN1C(=O)[C@@H](CC(=O)[C@H](Cc1ccc(F)cc1)NC(=O)c1cnccn1)CC(C)(C)C)C(=O)Nc1ccccc12. The number of nitrogens with one attached hydrogen (secondary N) is 2. The van der Waals surface area contributed by atoms with Crippen LogP contribution in [0.2, 0.25) is 0 Å². The smallest absolute Gasteiger partial charge is 0.302 e. The van der Waals surface area contributed by atoms with E-state index in [4.69, 9.17) is 6.57 Å². The first-order chi connectivity index (χ1) is 21.4. The van der Waals surface area contributed by atoms with Gasteiger partial charge >= 0.3 is 6.17 Å². The summed E-state index contributed by atoms with van der Waals surface area (Å²) in [6.45, 7) is 13.8. The summed E-state index contributed by atoms with van der Waals surface area (Å²) in [7, 11) is 0. The molecule has 2 N–H and O–H groups in total. The molecule has 0 radical (unpaired) electrons. The summed E-state index contributed by atoms with van der Waals surface area (Å²) < 4.78 is 13.6. The minimum atomic E-state index is -1.05. The summed E-state index contributed by atoms with van der Waals surface area (Å²) in [5.74, 6) is -2.88. The van der Waals surface area contributed by atoms with Crippen LogP contribution in [0, 0.1) is 23.7 Å². The first kappa shape index (κ1) is 31.4. The summed E-state index contributed by atoms with van der Waals surface area (Å²) in [6, 6.07) is 11.9. The maximum absolute atomic E-state index is 14.3. The summed E-state index contributed by atoms with van der Waals surface area (Å²) in [5.41, 5.74) is 0.659. The molecule has 0 saturated carbocycles. The number of para-hydroxylation sites is 1. The van der Waals surface area contributed by atoms with Gasteiger partial charge in [0, 0.05) is 37.0 Å². The van der Waals surface area contributed by atoms with Crippen LogP contribution in [-0.4, -0.2) is 57.1 Å². The second-order valence-corrected chi connectivity index (χ2v) is 12.9. The maximum Gasteiger partial charge on any atom is 0.302 e. The van der Waals surface area contributed by atoms with Crippen LogP contribution in [0.25, 0.3) is 4.85 Å². The number of ketones is 1. The Morgan fingerprint density at radius 1 is 1.16 bits per heavy atom. The van der Waals surface area contributed by atoms with Gasteiger partial charge in [0.2, 0.25) is 11.8 Å². The molecule has 10 nitrogen and oxygen atoms in total. The van der Waals surface area contributed by atoms with E-state index in [2.05, 4.69) is 25.4 Å². The Hall–Kier alpha value is -4.98. The van der Waals surface area contributed by atoms with Gasteiger partial charge in [-0.2, -0.15) is 0 Å². The molecule has 45 heavy (non-hydrogen) atoms. The number of benzene rings is 2. The van der Waals surface area contributed by atoms with E-state index in [0.717, 1.165) is 5.56 Å². The number of halogens is 1. The van der Waals surface area contributed by atoms with Crippen molar-refractivity contribution in [3.05, 3.63) is 101 Å². The van der Waals surface area contributed by atoms with Crippen LogP contribution in [0.4, 0.5) is 10.1 Å². The number of anilines is 1. The van der Waals surface area contributed by atoms with Crippen molar-refractivity contribution < 1.29 is 23.6 Å². The lowest BCUT2D eigenvalue weighted by Crippen LogP contribution is -2.46. The quantitative estimate of drug-likeness (QED) is 0.348. The van der Waals surface area contributed by atoms with Crippen molar-refractivity contribution in [2.75, 3.05) is 11.9 Å². The van der Waals surface area contributed by atoms with Gasteiger partial charge in [0.25, 0.3) is 5.91 Å². The molecule has 2 aliphatic heterocycles. The third kappa shape index (κ3) is 6.75. The highest BCUT2D eigenvalue weighted by atomic mass is 19.1. The Bertz CT molecular complexity index is 1650. The van der Waals surface area contributed by atoms with Crippen LogP contribution in [0.15, 0.2) is 67.1 Å². The van der Waals surface area contributed by atoms with Gasteiger partial charge in [0.05, 0.1) is 18.7 Å². The van der Waals surface area contributed by atoms with Gasteiger partial charge in [-0.25, -0.2) is 15.9 Å². The van der Waals surface area contributed by atoms with Crippen LogP contribution in [0.1, 0.15) is 61.6 Å². The standard InChI is InChI=1S/C34H35FN6O4/c1-33(2,3)17-22(31(44)41-20-34(18-29(41)36-4)24-7-5-6-8-25(24)40-32(34)45)16-28(42)26(15-21-9-11-23(35)12-10-21)39-30(43)27-19-37-13-14-38-27/h5-14,19,22,26,29H,15-18,20H2,1-3H3,(H,39,43)(H,40,45)/t22-,26-,29-,34-/m0/s1. The lowest BCUT2D eigenvalue weighted by atomic mass is 9.80. The summed E-state index contributed by atoms with van der Waals surface area (Å²) in [6.07, 6.45) is 3.54. The predicted octanol–water partition coefficient (Wildman–Crippen LogP) is 4.34. The molecule has 11 heteroatoms. The third-order valence-corrected chi connectivity index (χ3v) is 8.39. The molecular weight excluding hydrogens is 575 g/mol. The number of fused-ring (bicyclic) bond motifs is 2. The molecule has 4 atom stereocenters. The number of aromatic nitrogens is 2. The molecule has 1 spiro atoms. The van der Waals surface area contributed by atoms with Crippen LogP contribution < -0.4 is 10.6 Å². The van der Waals surface area contributed by atoms with Gasteiger partial charge in [0.1, 0.15) is 16.9 Å². The summed E-state index contributed by atoms with van der Waals surface area (Å²) in [4.78, 5) is 67.7. The summed E-state index contributed by atoms with van der Waals surface area (Å²) in [5, 5.41) is 5.64. The second-order valence-electron chi connectivity index (χ2n) is 12.9. The fourth-order valence-corrected chi connectivity index (χ4v) is 6.31. The van der Waals surface area contributed by atoms with E-state index in [1.54, 1.807) is 6.07 Å². The van der Waals surface area contributed by atoms with Crippen molar-refractivity contribution in [3.8, 4) is 0 Å². The van der Waals surface area contributed by atoms with Crippen molar-refractivity contribution >= 4 is 29.2 Å². The maximum atomic E-state index is 14.3. The number of carbonyl (C=O) groups is 4. The molecule has 2 aliphatic rings. The van der Waals surface area contributed by atoms with E-state index < -0.39 is 41.0 Å². The zero-order valence-electron chi connectivity index (χ0n) is 25.4. The average molecular weight is 611 g/mol. The zero-order chi connectivity index (χ0) is 32.4. The summed E-state index contributed by atoms with van der Waals surface area (Å²) >= 11 is 0. The number of carbonyl (C=O) groups excluding carboxylic acids is 4. The lowest BCUT2D eigenvalue weighted by molar-refractivity contribution is -0.139. The van der Waals surface area contributed by atoms with E-state index in [1.807, 2.05) is 39.0 Å². The van der Waals surface area contributed by atoms with Gasteiger partial charge in [-0.05, 0) is 47.6 Å². The first-order valence-electron chi connectivity index (χ1n) is 14.8. The molecule has 2 aromatic carbocycles. The molecule has 0 bridgehead atoms. The number of amides is 3.